The predicted octanol–water partition coefficient (Wildman–Crippen LogP) is 3.51. The van der Waals surface area contributed by atoms with Crippen LogP contribution in [0.3, 0.4) is 0 Å². The van der Waals surface area contributed by atoms with Crippen molar-refractivity contribution in [3.8, 4) is 5.75 Å². The van der Waals surface area contributed by atoms with E-state index in [4.69, 9.17) is 9.84 Å². The van der Waals surface area contributed by atoms with Gasteiger partial charge in [-0.25, -0.2) is 4.79 Å². The zero-order valence-electron chi connectivity index (χ0n) is 10.9. The first kappa shape index (κ1) is 13.6. The molecule has 0 radical (unpaired) electrons. The number of carboxylic acid groups (broad SMARTS) is 1. The average molecular weight is 236 g/mol. The molecule has 0 saturated heterocycles. The van der Waals surface area contributed by atoms with Crippen LogP contribution in [0.5, 0.6) is 5.75 Å². The monoisotopic (exact) mass is 236 g/mol. The molecule has 1 N–H and O–H groups in total. The van der Waals surface area contributed by atoms with Crippen molar-refractivity contribution in [3.63, 3.8) is 0 Å². The average Bonchev–Trinajstić information content (AvgIpc) is 2.15. The second-order valence-corrected chi connectivity index (χ2v) is 4.86. The highest BCUT2D eigenvalue weighted by Crippen LogP contribution is 2.23. The van der Waals surface area contributed by atoms with E-state index >= 15 is 0 Å². The fraction of sp³-hybridized carbons (Fsp3) is 0.500. The smallest absolute Gasteiger partial charge is 0.339 e. The Kier molecular flexibility index (Phi) is 4.55. The summed E-state index contributed by atoms with van der Waals surface area (Å²) in [5.74, 6) is 0.0467. The molecule has 1 aromatic carbocycles. The van der Waals surface area contributed by atoms with Crippen molar-refractivity contribution >= 4 is 5.97 Å². The number of hydrogen-bond donors (Lipinski definition) is 1. The van der Waals surface area contributed by atoms with E-state index in [0.29, 0.717) is 11.7 Å². The van der Waals surface area contributed by atoms with Crippen molar-refractivity contribution in [2.24, 2.45) is 5.92 Å². The zero-order chi connectivity index (χ0) is 13.0. The van der Waals surface area contributed by atoms with Gasteiger partial charge in [-0.05, 0) is 43.9 Å². The molecule has 0 fully saturated rings. The highest BCUT2D eigenvalue weighted by molar-refractivity contribution is 5.90. The molecule has 0 bridgehead atoms. The molecule has 0 saturated carbocycles. The molecule has 0 aliphatic heterocycles. The van der Waals surface area contributed by atoms with Gasteiger partial charge in [-0.15, -0.1) is 0 Å². The van der Waals surface area contributed by atoms with Gasteiger partial charge in [-0.2, -0.15) is 0 Å². The zero-order valence-corrected chi connectivity index (χ0v) is 10.9. The van der Waals surface area contributed by atoms with Crippen LogP contribution in [0.4, 0.5) is 0 Å². The lowest BCUT2D eigenvalue weighted by Crippen LogP contribution is -2.16. The molecular weight excluding hydrogens is 216 g/mol. The Morgan fingerprint density at radius 2 is 2.00 bits per heavy atom. The number of ether oxygens (including phenoxy) is 1. The van der Waals surface area contributed by atoms with Gasteiger partial charge in [0.1, 0.15) is 11.3 Å². The SMILES string of the molecule is Cc1ccc(C(=O)O)c(OC(C)CC(C)C)c1. The lowest BCUT2D eigenvalue weighted by atomic mass is 10.1. The van der Waals surface area contributed by atoms with Crippen LogP contribution >= 0.6 is 0 Å². The van der Waals surface area contributed by atoms with E-state index in [1.54, 1.807) is 18.2 Å². The highest BCUT2D eigenvalue weighted by atomic mass is 16.5. The molecule has 0 aliphatic rings. The summed E-state index contributed by atoms with van der Waals surface area (Å²) in [5, 5.41) is 9.07. The summed E-state index contributed by atoms with van der Waals surface area (Å²) >= 11 is 0. The molecule has 0 spiro atoms. The fourth-order valence-corrected chi connectivity index (χ4v) is 1.83. The van der Waals surface area contributed by atoms with Gasteiger partial charge in [0.15, 0.2) is 0 Å². The van der Waals surface area contributed by atoms with E-state index in [1.165, 1.54) is 0 Å². The molecule has 0 aromatic heterocycles. The molecular formula is C14H20O3. The Hall–Kier alpha value is -1.51. The van der Waals surface area contributed by atoms with E-state index in [-0.39, 0.29) is 11.7 Å². The number of rotatable bonds is 5. The van der Waals surface area contributed by atoms with Crippen molar-refractivity contribution in [1.29, 1.82) is 0 Å². The quantitative estimate of drug-likeness (QED) is 0.851. The minimum absolute atomic E-state index is 0.0231. The minimum atomic E-state index is -0.947. The van der Waals surface area contributed by atoms with Gasteiger partial charge < -0.3 is 9.84 Å². The summed E-state index contributed by atoms with van der Waals surface area (Å²) in [7, 11) is 0. The lowest BCUT2D eigenvalue weighted by Gasteiger charge is -2.18. The minimum Gasteiger partial charge on any atom is -0.490 e. The molecule has 94 valence electrons. The van der Waals surface area contributed by atoms with Crippen LogP contribution in [-0.4, -0.2) is 17.2 Å². The summed E-state index contributed by atoms with van der Waals surface area (Å²) in [6, 6.07) is 5.15. The van der Waals surface area contributed by atoms with E-state index in [0.717, 1.165) is 12.0 Å². The Morgan fingerprint density at radius 3 is 2.53 bits per heavy atom. The summed E-state index contributed by atoms with van der Waals surface area (Å²) in [5.41, 5.74) is 1.23. The van der Waals surface area contributed by atoms with E-state index in [1.807, 2.05) is 13.8 Å². The number of aromatic carboxylic acids is 1. The third-order valence-corrected chi connectivity index (χ3v) is 2.50. The van der Waals surface area contributed by atoms with E-state index in [9.17, 15) is 4.79 Å². The number of aryl methyl sites for hydroxylation is 1. The first-order valence-corrected chi connectivity index (χ1v) is 5.90. The van der Waals surface area contributed by atoms with Crippen LogP contribution in [0, 0.1) is 12.8 Å². The summed E-state index contributed by atoms with van der Waals surface area (Å²) in [4.78, 5) is 11.1. The van der Waals surface area contributed by atoms with Gasteiger partial charge in [-0.1, -0.05) is 19.9 Å². The second-order valence-electron chi connectivity index (χ2n) is 4.86. The van der Waals surface area contributed by atoms with Gasteiger partial charge in [0, 0.05) is 0 Å². The first-order chi connectivity index (χ1) is 7.90. The Bertz CT molecular complexity index is 396. The topological polar surface area (TPSA) is 46.5 Å². The van der Waals surface area contributed by atoms with Crippen LogP contribution < -0.4 is 4.74 Å². The number of carboxylic acids is 1. The molecule has 0 aliphatic carbocycles. The van der Waals surface area contributed by atoms with Gasteiger partial charge in [0.2, 0.25) is 0 Å². The third kappa shape index (κ3) is 4.10. The number of carbonyl (C=O) groups is 1. The van der Waals surface area contributed by atoms with Crippen LogP contribution in [-0.2, 0) is 0 Å². The first-order valence-electron chi connectivity index (χ1n) is 5.90. The molecule has 1 atom stereocenters. The van der Waals surface area contributed by atoms with Crippen LogP contribution in [0.1, 0.15) is 43.1 Å². The number of benzene rings is 1. The summed E-state index contributed by atoms with van der Waals surface area (Å²) in [6.07, 6.45) is 0.933. The Balaban J connectivity index is 2.88. The molecule has 0 heterocycles. The molecule has 1 unspecified atom stereocenters. The van der Waals surface area contributed by atoms with Crippen LogP contribution in [0.25, 0.3) is 0 Å². The predicted molar refractivity (Wildman–Crippen MR) is 67.7 cm³/mol. The van der Waals surface area contributed by atoms with Crippen molar-refractivity contribution in [1.82, 2.24) is 0 Å². The fourth-order valence-electron chi connectivity index (χ4n) is 1.83. The summed E-state index contributed by atoms with van der Waals surface area (Å²) < 4.78 is 5.72. The van der Waals surface area contributed by atoms with Crippen molar-refractivity contribution in [2.45, 2.75) is 40.2 Å². The summed E-state index contributed by atoms with van der Waals surface area (Å²) in [6.45, 7) is 8.13. The molecule has 17 heavy (non-hydrogen) atoms. The van der Waals surface area contributed by atoms with E-state index in [2.05, 4.69) is 13.8 Å². The van der Waals surface area contributed by atoms with Crippen LogP contribution in [0.15, 0.2) is 18.2 Å². The van der Waals surface area contributed by atoms with Crippen molar-refractivity contribution < 1.29 is 14.6 Å². The normalized spacial score (nSPS) is 12.5. The van der Waals surface area contributed by atoms with Crippen molar-refractivity contribution in [2.75, 3.05) is 0 Å². The van der Waals surface area contributed by atoms with Crippen LogP contribution in [0.2, 0.25) is 0 Å². The standard InChI is InChI=1S/C14H20O3/c1-9(2)7-11(4)17-13-8-10(3)5-6-12(13)14(15)16/h5-6,8-9,11H,7H2,1-4H3,(H,15,16). The lowest BCUT2D eigenvalue weighted by molar-refractivity contribution is 0.0689. The van der Waals surface area contributed by atoms with Gasteiger partial charge >= 0.3 is 5.97 Å². The van der Waals surface area contributed by atoms with Gasteiger partial charge in [0.05, 0.1) is 6.10 Å². The largest absolute Gasteiger partial charge is 0.490 e. The highest BCUT2D eigenvalue weighted by Gasteiger charge is 2.14. The molecule has 1 rings (SSSR count). The maximum absolute atomic E-state index is 11.1. The molecule has 1 aromatic rings. The maximum Gasteiger partial charge on any atom is 0.339 e. The maximum atomic E-state index is 11.1. The molecule has 0 amide bonds. The molecule has 3 heteroatoms. The second kappa shape index (κ2) is 5.71. The third-order valence-electron chi connectivity index (χ3n) is 2.50. The Labute approximate surface area is 102 Å². The number of hydrogen-bond acceptors (Lipinski definition) is 2. The van der Waals surface area contributed by atoms with E-state index < -0.39 is 5.97 Å². The van der Waals surface area contributed by atoms with Crippen molar-refractivity contribution in [3.05, 3.63) is 29.3 Å². The van der Waals surface area contributed by atoms with Gasteiger partial charge in [0.25, 0.3) is 0 Å². The van der Waals surface area contributed by atoms with Gasteiger partial charge in [-0.3, -0.25) is 0 Å². The molecule has 3 nitrogen and oxygen atoms in total. The Morgan fingerprint density at radius 1 is 1.35 bits per heavy atom.